The molecule has 22 heteroatoms. The third-order valence-corrected chi connectivity index (χ3v) is 7.88. The van der Waals surface area contributed by atoms with Crippen molar-refractivity contribution in [1.29, 1.82) is 0 Å². The molecule has 1 aromatic rings. The maximum atomic E-state index is 12.7. The van der Waals surface area contributed by atoms with E-state index in [1.165, 1.54) is 0 Å². The lowest BCUT2D eigenvalue weighted by molar-refractivity contribution is -0.351. The van der Waals surface area contributed by atoms with Crippen molar-refractivity contribution in [2.75, 3.05) is 26.4 Å². The molecule has 0 saturated carbocycles. The first-order valence-electron chi connectivity index (χ1n) is 17.4. The second-order valence-electron chi connectivity index (χ2n) is 12.6. The zero-order valence-electron chi connectivity index (χ0n) is 31.8. The number of carbonyl (C=O) groups is 7. The molecule has 2 saturated heterocycles. The van der Waals surface area contributed by atoms with Gasteiger partial charge in [0, 0.05) is 48.1 Å². The van der Waals surface area contributed by atoms with Gasteiger partial charge < -0.3 is 58.0 Å². The van der Waals surface area contributed by atoms with Crippen molar-refractivity contribution >= 4 is 41.7 Å². The molecule has 0 unspecified atom stereocenters. The first-order valence-corrected chi connectivity index (χ1v) is 17.4. The van der Waals surface area contributed by atoms with Crippen LogP contribution in [-0.2, 0) is 87.5 Å². The minimum Gasteiger partial charge on any atom is -0.463 e. The van der Waals surface area contributed by atoms with Crippen molar-refractivity contribution < 1.29 is 94.1 Å². The van der Waals surface area contributed by atoms with E-state index in [0.717, 1.165) is 47.1 Å². The lowest BCUT2D eigenvalue weighted by atomic mass is 9.94. The van der Waals surface area contributed by atoms with Gasteiger partial charge in [0.1, 0.15) is 31.0 Å². The first kappa shape index (κ1) is 46.5. The summed E-state index contributed by atoms with van der Waals surface area (Å²) in [6.45, 7) is 3.98. The van der Waals surface area contributed by atoms with E-state index in [1.54, 1.807) is 35.6 Å². The summed E-state index contributed by atoms with van der Waals surface area (Å²) in [4.78, 5) is 85.6. The number of alkyl halides is 3. The molecule has 57 heavy (non-hydrogen) atoms. The largest absolute Gasteiger partial charge is 0.471 e. The van der Waals surface area contributed by atoms with E-state index in [4.69, 9.17) is 47.4 Å². The molecule has 0 spiro atoms. The Morgan fingerprint density at radius 3 is 1.77 bits per heavy atom. The van der Waals surface area contributed by atoms with E-state index in [0.29, 0.717) is 0 Å². The van der Waals surface area contributed by atoms with Crippen LogP contribution in [0, 0.1) is 0 Å². The van der Waals surface area contributed by atoms with Gasteiger partial charge in [-0.3, -0.25) is 33.6 Å². The van der Waals surface area contributed by atoms with Gasteiger partial charge in [-0.2, -0.15) is 13.2 Å². The molecule has 2 N–H and O–H groups in total. The van der Waals surface area contributed by atoms with Crippen LogP contribution >= 0.6 is 0 Å². The number of halogens is 3. The number of hydrogen-bond acceptors (Lipinski definition) is 17. The molecule has 2 fully saturated rings. The number of rotatable bonds is 17. The Hall–Kier alpha value is -4.90. The highest BCUT2D eigenvalue weighted by Crippen LogP contribution is 2.35. The van der Waals surface area contributed by atoms with Crippen LogP contribution in [0.3, 0.4) is 0 Å². The summed E-state index contributed by atoms with van der Waals surface area (Å²) < 4.78 is 95.6. The highest BCUT2D eigenvalue weighted by molar-refractivity contribution is 5.81. The monoisotopic (exact) mass is 822 g/mol. The first-order chi connectivity index (χ1) is 26.8. The fourth-order valence-electron chi connectivity index (χ4n) is 5.82. The minimum absolute atomic E-state index is 0.0414. The van der Waals surface area contributed by atoms with Crippen LogP contribution in [0.4, 0.5) is 13.2 Å². The van der Waals surface area contributed by atoms with Gasteiger partial charge in [-0.15, -0.1) is 0 Å². The molecule has 318 valence electrons. The van der Waals surface area contributed by atoms with E-state index in [2.05, 4.69) is 5.32 Å². The number of esters is 5. The number of amides is 2. The second kappa shape index (κ2) is 21.6. The van der Waals surface area contributed by atoms with Crippen molar-refractivity contribution in [2.24, 2.45) is 0 Å². The van der Waals surface area contributed by atoms with E-state index in [9.17, 15) is 46.7 Å². The van der Waals surface area contributed by atoms with Crippen LogP contribution in [0.2, 0.25) is 0 Å². The number of carbonyl (C=O) groups excluding carboxylic acids is 7. The third kappa shape index (κ3) is 14.8. The summed E-state index contributed by atoms with van der Waals surface area (Å²) in [7, 11) is 0. The average molecular weight is 823 g/mol. The Balaban J connectivity index is 2.08. The molecule has 0 aromatic heterocycles. The molecular formula is C35H45F3N2O17. The predicted molar refractivity (Wildman–Crippen MR) is 180 cm³/mol. The highest BCUT2D eigenvalue weighted by Gasteiger charge is 2.57. The van der Waals surface area contributed by atoms with Gasteiger partial charge in [-0.25, -0.2) is 0 Å². The molecule has 0 aliphatic carbocycles. The molecule has 2 heterocycles. The van der Waals surface area contributed by atoms with Crippen molar-refractivity contribution in [1.82, 2.24) is 10.6 Å². The van der Waals surface area contributed by atoms with E-state index in [1.807, 2.05) is 0 Å². The normalized spacial score (nSPS) is 27.2. The van der Waals surface area contributed by atoms with Gasteiger partial charge in [-0.05, 0) is 5.56 Å². The van der Waals surface area contributed by atoms with Crippen molar-refractivity contribution in [3.05, 3.63) is 35.9 Å². The van der Waals surface area contributed by atoms with Crippen LogP contribution in [0.5, 0.6) is 0 Å². The Morgan fingerprint density at radius 2 is 1.21 bits per heavy atom. The maximum Gasteiger partial charge on any atom is 0.471 e. The zero-order valence-corrected chi connectivity index (χ0v) is 31.8. The predicted octanol–water partition coefficient (Wildman–Crippen LogP) is 0.528. The lowest BCUT2D eigenvalue weighted by Crippen LogP contribution is -2.69. The summed E-state index contributed by atoms with van der Waals surface area (Å²) in [5.74, 6) is -7.44. The Labute approximate surface area is 324 Å². The summed E-state index contributed by atoms with van der Waals surface area (Å²) >= 11 is 0. The van der Waals surface area contributed by atoms with Gasteiger partial charge in [0.25, 0.3) is 0 Å². The smallest absolute Gasteiger partial charge is 0.463 e. The van der Waals surface area contributed by atoms with Crippen molar-refractivity contribution in [3.63, 3.8) is 0 Å². The summed E-state index contributed by atoms with van der Waals surface area (Å²) in [6, 6.07) is 7.38. The van der Waals surface area contributed by atoms with E-state index < -0.39 is 129 Å². The summed E-state index contributed by atoms with van der Waals surface area (Å²) in [5.41, 5.74) is 0.750. The van der Waals surface area contributed by atoms with Crippen LogP contribution < -0.4 is 10.6 Å². The van der Waals surface area contributed by atoms with Crippen LogP contribution in [0.1, 0.15) is 47.1 Å². The quantitative estimate of drug-likeness (QED) is 0.124. The Morgan fingerprint density at radius 1 is 0.667 bits per heavy atom. The topological polar surface area (TPSA) is 236 Å². The standard InChI is InChI=1S/C35H45F3N2O17/c1-17(41)40-26-29(52-20(4)44)27(25(16-50-18(2)42)55-32(26)49-13-12-39-34(47)35(36,37)38)57-33-31(54-22(6)46)30(53-21(5)45)28(51-19(3)43)24(56-33)15-48-14-23-10-8-7-9-11-23/h7-11,24-33H,12-16H2,1-6H3,(H,39,47)(H,40,41)/t24-,25-,26-,27-,28+,29-,30+,31-,32-,33+/m0/s1. The number of benzene rings is 1. The molecule has 2 aliphatic heterocycles. The van der Waals surface area contributed by atoms with Gasteiger partial charge >= 0.3 is 41.9 Å². The molecular weight excluding hydrogens is 777 g/mol. The molecule has 1 aromatic carbocycles. The van der Waals surface area contributed by atoms with Gasteiger partial charge in [0.2, 0.25) is 5.91 Å². The summed E-state index contributed by atoms with van der Waals surface area (Å²) in [5, 5.41) is 4.09. The van der Waals surface area contributed by atoms with Crippen molar-refractivity contribution in [2.45, 2.75) is 116 Å². The number of hydrogen-bond donors (Lipinski definition) is 2. The van der Waals surface area contributed by atoms with E-state index in [-0.39, 0.29) is 13.2 Å². The molecule has 10 atom stereocenters. The number of ether oxygens (including phenoxy) is 10. The van der Waals surface area contributed by atoms with Crippen LogP contribution in [0.15, 0.2) is 30.3 Å². The molecule has 0 radical (unpaired) electrons. The zero-order chi connectivity index (χ0) is 42.4. The van der Waals surface area contributed by atoms with Crippen molar-refractivity contribution in [3.8, 4) is 0 Å². The van der Waals surface area contributed by atoms with Gasteiger partial charge in [-0.1, -0.05) is 30.3 Å². The Kier molecular flexibility index (Phi) is 17.6. The van der Waals surface area contributed by atoms with Gasteiger partial charge in [0.15, 0.2) is 37.0 Å². The minimum atomic E-state index is -5.19. The maximum absolute atomic E-state index is 12.7. The SMILES string of the molecule is CC(=O)N[C@@H]1[C@@H](OCCNC(=O)C(F)(F)F)O[C@@H](COC(C)=O)[C@H](O[C@H]2O[C@@H](COCc3ccccc3)[C@@H](OC(C)=O)[C@@H](OC(C)=O)[C@@H]2OC(C)=O)[C@H]1OC(C)=O. The fraction of sp³-hybridized carbons (Fsp3) is 0.629. The van der Waals surface area contributed by atoms with Gasteiger partial charge in [0.05, 0.1) is 19.8 Å². The Bertz CT molecular complexity index is 1560. The van der Waals surface area contributed by atoms with E-state index >= 15 is 0 Å². The second-order valence-corrected chi connectivity index (χ2v) is 12.6. The fourth-order valence-corrected chi connectivity index (χ4v) is 5.82. The lowest BCUT2D eigenvalue weighted by Gasteiger charge is -2.49. The molecule has 2 aliphatic rings. The molecule has 3 rings (SSSR count). The number of nitrogens with one attached hydrogen (secondary N) is 2. The average Bonchev–Trinajstić information content (AvgIpc) is 3.09. The summed E-state index contributed by atoms with van der Waals surface area (Å²) in [6.07, 6.45) is -19.6. The van der Waals surface area contributed by atoms with Crippen LogP contribution in [-0.4, -0.2) is 136 Å². The van der Waals surface area contributed by atoms with Crippen LogP contribution in [0.25, 0.3) is 0 Å². The molecule has 0 bridgehead atoms. The highest BCUT2D eigenvalue weighted by atomic mass is 19.4. The third-order valence-electron chi connectivity index (χ3n) is 7.88. The molecule has 2 amide bonds. The molecule has 19 nitrogen and oxygen atoms in total.